The van der Waals surface area contributed by atoms with E-state index >= 15 is 0 Å². The number of hydrogen-bond donors (Lipinski definition) is 1. The van der Waals surface area contributed by atoms with Crippen molar-refractivity contribution in [2.75, 3.05) is 6.79 Å². The predicted octanol–water partition coefficient (Wildman–Crippen LogP) is 3.20. The van der Waals surface area contributed by atoms with E-state index in [9.17, 15) is 14.9 Å². The largest absolute Gasteiger partial charge is 0.481 e. The van der Waals surface area contributed by atoms with Crippen molar-refractivity contribution in [2.24, 2.45) is 5.10 Å². The highest BCUT2D eigenvalue weighted by atomic mass is 35.5. The molecule has 146 valence electrons. The summed E-state index contributed by atoms with van der Waals surface area (Å²) >= 11 is 5.89. The van der Waals surface area contributed by atoms with Crippen LogP contribution < -0.4 is 19.6 Å². The third kappa shape index (κ3) is 4.32. The summed E-state index contributed by atoms with van der Waals surface area (Å²) in [5.74, 6) is 0.651. The molecule has 0 aliphatic carbocycles. The van der Waals surface area contributed by atoms with E-state index in [0.29, 0.717) is 16.5 Å². The normalized spacial score (nSPS) is 13.4. The first-order chi connectivity index (χ1) is 13.3. The SMILES string of the molecule is Cc1cc(Cl)ccc1OC(C)C(=O)N/N=C/c1cc2c(cc1[N+](=O)[O-])OCO2. The molecule has 2 aromatic carbocycles. The fraction of sp³-hybridized carbons (Fsp3) is 0.222. The zero-order valence-corrected chi connectivity index (χ0v) is 15.7. The van der Waals surface area contributed by atoms with Crippen LogP contribution in [0.25, 0.3) is 0 Å². The Labute approximate surface area is 165 Å². The average molecular weight is 406 g/mol. The second-order valence-corrected chi connectivity index (χ2v) is 6.36. The highest BCUT2D eigenvalue weighted by Gasteiger charge is 2.22. The van der Waals surface area contributed by atoms with Crippen LogP contribution >= 0.6 is 11.6 Å². The Morgan fingerprint density at radius 1 is 1.36 bits per heavy atom. The first kappa shape index (κ1) is 19.4. The van der Waals surface area contributed by atoms with Gasteiger partial charge in [0.25, 0.3) is 11.6 Å². The quantitative estimate of drug-likeness (QED) is 0.448. The Morgan fingerprint density at radius 3 is 2.75 bits per heavy atom. The van der Waals surface area contributed by atoms with Crippen molar-refractivity contribution in [3.63, 3.8) is 0 Å². The van der Waals surface area contributed by atoms with E-state index in [1.54, 1.807) is 25.1 Å². The van der Waals surface area contributed by atoms with Crippen LogP contribution in [0, 0.1) is 17.0 Å². The Morgan fingerprint density at radius 2 is 2.07 bits per heavy atom. The smallest absolute Gasteiger partial charge is 0.282 e. The van der Waals surface area contributed by atoms with Gasteiger partial charge in [-0.25, -0.2) is 5.43 Å². The fourth-order valence-corrected chi connectivity index (χ4v) is 2.68. The first-order valence-electron chi connectivity index (χ1n) is 8.19. The molecule has 1 aliphatic heterocycles. The van der Waals surface area contributed by atoms with E-state index in [4.69, 9.17) is 25.8 Å². The molecule has 0 fully saturated rings. The number of hydrazone groups is 1. The number of carbonyl (C=O) groups is 1. The zero-order chi connectivity index (χ0) is 20.3. The molecule has 0 saturated carbocycles. The highest BCUT2D eigenvalue weighted by molar-refractivity contribution is 6.30. The molecule has 0 radical (unpaired) electrons. The van der Waals surface area contributed by atoms with Crippen LogP contribution in [0.3, 0.4) is 0 Å². The van der Waals surface area contributed by atoms with Crippen molar-refractivity contribution in [1.29, 1.82) is 0 Å². The van der Waals surface area contributed by atoms with Crippen molar-refractivity contribution >= 4 is 29.4 Å². The van der Waals surface area contributed by atoms with Gasteiger partial charge in [0.2, 0.25) is 6.79 Å². The van der Waals surface area contributed by atoms with E-state index in [1.165, 1.54) is 12.1 Å². The molecule has 1 N–H and O–H groups in total. The van der Waals surface area contributed by atoms with Gasteiger partial charge < -0.3 is 14.2 Å². The molecule has 1 unspecified atom stereocenters. The minimum Gasteiger partial charge on any atom is -0.481 e. The van der Waals surface area contributed by atoms with Crippen LogP contribution in [0.2, 0.25) is 5.02 Å². The fourth-order valence-electron chi connectivity index (χ4n) is 2.45. The second kappa shape index (κ2) is 8.13. The standard InChI is InChI=1S/C18H16ClN3O6/c1-10-5-13(19)3-4-15(10)28-11(2)18(23)21-20-8-12-6-16-17(27-9-26-16)7-14(12)22(24)25/h3-8,11H,9H2,1-2H3,(H,21,23)/b20-8+. The number of amides is 1. The number of fused-ring (bicyclic) bond motifs is 1. The van der Waals surface area contributed by atoms with Crippen LogP contribution in [0.15, 0.2) is 35.4 Å². The summed E-state index contributed by atoms with van der Waals surface area (Å²) in [7, 11) is 0. The molecule has 9 nitrogen and oxygen atoms in total. The molecule has 1 aliphatic rings. The van der Waals surface area contributed by atoms with Crippen LogP contribution in [0.5, 0.6) is 17.2 Å². The molecule has 0 aromatic heterocycles. The average Bonchev–Trinajstić information content (AvgIpc) is 3.10. The van der Waals surface area contributed by atoms with E-state index in [0.717, 1.165) is 11.8 Å². The molecule has 0 bridgehead atoms. The van der Waals surface area contributed by atoms with Crippen molar-refractivity contribution in [3.8, 4) is 17.2 Å². The summed E-state index contributed by atoms with van der Waals surface area (Å²) in [6, 6.07) is 7.72. The Hall–Kier alpha value is -3.33. The molecule has 3 rings (SSSR count). The summed E-state index contributed by atoms with van der Waals surface area (Å²) < 4.78 is 15.9. The van der Waals surface area contributed by atoms with E-state index in [1.807, 2.05) is 6.92 Å². The summed E-state index contributed by atoms with van der Waals surface area (Å²) in [4.78, 5) is 22.8. The van der Waals surface area contributed by atoms with Gasteiger partial charge in [-0.05, 0) is 43.7 Å². The van der Waals surface area contributed by atoms with E-state index < -0.39 is 16.9 Å². The van der Waals surface area contributed by atoms with Crippen LogP contribution in [-0.2, 0) is 4.79 Å². The molecule has 28 heavy (non-hydrogen) atoms. The molecular formula is C18H16ClN3O6. The molecule has 1 atom stereocenters. The summed E-state index contributed by atoms with van der Waals surface area (Å²) in [5.41, 5.74) is 3.03. The lowest BCUT2D eigenvalue weighted by atomic mass is 10.1. The molecule has 0 saturated heterocycles. The summed E-state index contributed by atoms with van der Waals surface area (Å²) in [6.45, 7) is 3.35. The van der Waals surface area contributed by atoms with Crippen LogP contribution in [0.4, 0.5) is 5.69 Å². The number of nitrogens with zero attached hydrogens (tertiary/aromatic N) is 2. The number of carbonyl (C=O) groups excluding carboxylic acids is 1. The predicted molar refractivity (Wildman–Crippen MR) is 101 cm³/mol. The monoisotopic (exact) mass is 405 g/mol. The number of nitro groups is 1. The lowest BCUT2D eigenvalue weighted by Gasteiger charge is -2.14. The Balaban J connectivity index is 1.67. The molecular weight excluding hydrogens is 390 g/mol. The summed E-state index contributed by atoms with van der Waals surface area (Å²) in [5, 5.41) is 15.6. The zero-order valence-electron chi connectivity index (χ0n) is 15.0. The first-order valence-corrected chi connectivity index (χ1v) is 8.56. The molecule has 1 amide bonds. The Bertz CT molecular complexity index is 963. The van der Waals surface area contributed by atoms with Gasteiger partial charge in [-0.2, -0.15) is 5.10 Å². The van der Waals surface area contributed by atoms with Crippen molar-refractivity contribution in [1.82, 2.24) is 5.43 Å². The van der Waals surface area contributed by atoms with Crippen molar-refractivity contribution in [3.05, 3.63) is 56.6 Å². The third-order valence-electron chi connectivity index (χ3n) is 3.91. The van der Waals surface area contributed by atoms with Gasteiger partial charge in [0.05, 0.1) is 22.8 Å². The topological polar surface area (TPSA) is 112 Å². The van der Waals surface area contributed by atoms with Gasteiger partial charge in [0.15, 0.2) is 17.6 Å². The van der Waals surface area contributed by atoms with Gasteiger partial charge in [-0.1, -0.05) is 11.6 Å². The summed E-state index contributed by atoms with van der Waals surface area (Å²) in [6.07, 6.45) is 0.321. The van der Waals surface area contributed by atoms with Gasteiger partial charge in [0.1, 0.15) is 5.75 Å². The Kier molecular flexibility index (Phi) is 5.65. The maximum atomic E-state index is 12.2. The number of aryl methyl sites for hydroxylation is 1. The van der Waals surface area contributed by atoms with Crippen LogP contribution in [0.1, 0.15) is 18.1 Å². The van der Waals surface area contributed by atoms with E-state index in [2.05, 4.69) is 10.5 Å². The maximum Gasteiger partial charge on any atom is 0.282 e. The number of benzene rings is 2. The third-order valence-corrected chi connectivity index (χ3v) is 4.14. The number of halogens is 1. The number of ether oxygens (including phenoxy) is 3. The van der Waals surface area contributed by atoms with Gasteiger partial charge in [0, 0.05) is 5.02 Å². The number of hydrogen-bond acceptors (Lipinski definition) is 7. The number of nitro benzene ring substituents is 1. The van der Waals surface area contributed by atoms with Gasteiger partial charge in [-0.15, -0.1) is 0 Å². The lowest BCUT2D eigenvalue weighted by Crippen LogP contribution is -2.33. The maximum absolute atomic E-state index is 12.2. The van der Waals surface area contributed by atoms with Gasteiger partial charge in [-0.3, -0.25) is 14.9 Å². The van der Waals surface area contributed by atoms with Crippen molar-refractivity contribution in [2.45, 2.75) is 20.0 Å². The molecule has 2 aromatic rings. The molecule has 1 heterocycles. The second-order valence-electron chi connectivity index (χ2n) is 5.93. The minimum atomic E-state index is -0.844. The number of rotatable bonds is 6. The van der Waals surface area contributed by atoms with Crippen molar-refractivity contribution < 1.29 is 23.9 Å². The van der Waals surface area contributed by atoms with Gasteiger partial charge >= 0.3 is 0 Å². The van der Waals surface area contributed by atoms with E-state index in [-0.39, 0.29) is 23.8 Å². The lowest BCUT2D eigenvalue weighted by molar-refractivity contribution is -0.385. The molecule has 0 spiro atoms. The highest BCUT2D eigenvalue weighted by Crippen LogP contribution is 2.37. The van der Waals surface area contributed by atoms with Crippen LogP contribution in [-0.4, -0.2) is 29.9 Å². The number of nitrogens with one attached hydrogen (secondary N) is 1. The minimum absolute atomic E-state index is 0.0111. The molecule has 10 heteroatoms.